The highest BCUT2D eigenvalue weighted by Gasteiger charge is 2.51. The van der Waals surface area contributed by atoms with E-state index in [0.29, 0.717) is 5.92 Å². The van der Waals surface area contributed by atoms with Gasteiger partial charge in [0, 0.05) is 0 Å². The van der Waals surface area contributed by atoms with Gasteiger partial charge in [0.1, 0.15) is 0 Å². The molecule has 0 heterocycles. The first-order valence-electron chi connectivity index (χ1n) is 10.2. The van der Waals surface area contributed by atoms with Gasteiger partial charge >= 0.3 is 0 Å². The second kappa shape index (κ2) is 5.12. The van der Waals surface area contributed by atoms with Crippen LogP contribution in [-0.2, 0) is 11.8 Å². The molecule has 0 nitrogen and oxygen atoms in total. The number of benzene rings is 1. The van der Waals surface area contributed by atoms with Crippen molar-refractivity contribution in [2.75, 3.05) is 0 Å². The molecule has 0 heteroatoms. The van der Waals surface area contributed by atoms with Gasteiger partial charge in [-0.2, -0.15) is 0 Å². The molecule has 4 unspecified atom stereocenters. The third-order valence-electron chi connectivity index (χ3n) is 7.48. The van der Waals surface area contributed by atoms with E-state index in [2.05, 4.69) is 52.5 Å². The minimum atomic E-state index is 0.210. The van der Waals surface area contributed by atoms with Gasteiger partial charge in [-0.1, -0.05) is 56.7 Å². The molecular weight excluding hydrogens is 300 g/mol. The Morgan fingerprint density at radius 1 is 1.08 bits per heavy atom. The molecule has 4 atom stereocenters. The number of hydrogen-bond acceptors (Lipinski definition) is 0. The smallest absolute Gasteiger partial charge is 0.00306 e. The SMILES string of the molecule is C=C1C2C[C]3CC(C2)CC1C3c1cc(C(C)(C)C)cc2c1CC(C)=C2. The molecule has 4 bridgehead atoms. The normalized spacial score (nSPS) is 33.8. The lowest BCUT2D eigenvalue weighted by Gasteiger charge is -2.56. The van der Waals surface area contributed by atoms with Crippen LogP contribution in [0.1, 0.15) is 81.5 Å². The monoisotopic (exact) mass is 331 g/mol. The lowest BCUT2D eigenvalue weighted by atomic mass is 9.48. The van der Waals surface area contributed by atoms with Crippen LogP contribution < -0.4 is 0 Å². The third kappa shape index (κ3) is 2.32. The molecule has 0 aromatic heterocycles. The predicted molar refractivity (Wildman–Crippen MR) is 107 cm³/mol. The zero-order valence-electron chi connectivity index (χ0n) is 16.3. The molecule has 4 saturated carbocycles. The Labute approximate surface area is 153 Å². The maximum Gasteiger partial charge on any atom is -0.00306 e. The van der Waals surface area contributed by atoms with Crippen LogP contribution in [0.25, 0.3) is 6.08 Å². The molecule has 1 radical (unpaired) electrons. The highest BCUT2D eigenvalue weighted by Crippen LogP contribution is 2.63. The molecule has 6 rings (SSSR count). The Morgan fingerprint density at radius 2 is 1.88 bits per heavy atom. The predicted octanol–water partition coefficient (Wildman–Crippen LogP) is 6.61. The molecule has 25 heavy (non-hydrogen) atoms. The van der Waals surface area contributed by atoms with Gasteiger partial charge in [0.05, 0.1) is 0 Å². The van der Waals surface area contributed by atoms with Crippen molar-refractivity contribution in [3.05, 3.63) is 58.0 Å². The van der Waals surface area contributed by atoms with Crippen LogP contribution >= 0.6 is 0 Å². The van der Waals surface area contributed by atoms with E-state index in [4.69, 9.17) is 0 Å². The third-order valence-corrected chi connectivity index (χ3v) is 7.48. The van der Waals surface area contributed by atoms with Crippen molar-refractivity contribution in [3.63, 3.8) is 0 Å². The number of allylic oxidation sites excluding steroid dienone is 2. The first kappa shape index (κ1) is 15.9. The fourth-order valence-electron chi connectivity index (χ4n) is 6.30. The maximum absolute atomic E-state index is 4.58. The number of hydrogen-bond donors (Lipinski definition) is 0. The summed E-state index contributed by atoms with van der Waals surface area (Å²) in [6.07, 6.45) is 9.13. The van der Waals surface area contributed by atoms with Crippen molar-refractivity contribution in [2.45, 2.75) is 71.1 Å². The molecule has 5 aliphatic rings. The largest absolute Gasteiger partial charge is 0.0993 e. The Morgan fingerprint density at radius 3 is 2.64 bits per heavy atom. The molecule has 0 aliphatic heterocycles. The van der Waals surface area contributed by atoms with Crippen LogP contribution in [0.5, 0.6) is 0 Å². The summed E-state index contributed by atoms with van der Waals surface area (Å²) in [6, 6.07) is 5.05. The van der Waals surface area contributed by atoms with Gasteiger partial charge in [0.2, 0.25) is 0 Å². The molecule has 0 saturated heterocycles. The van der Waals surface area contributed by atoms with E-state index >= 15 is 0 Å². The summed E-state index contributed by atoms with van der Waals surface area (Å²) in [5.74, 6) is 5.02. The van der Waals surface area contributed by atoms with Crippen molar-refractivity contribution in [1.82, 2.24) is 0 Å². The average Bonchev–Trinajstić information content (AvgIpc) is 2.90. The lowest BCUT2D eigenvalue weighted by molar-refractivity contribution is 0.132. The zero-order chi connectivity index (χ0) is 17.5. The van der Waals surface area contributed by atoms with Crippen molar-refractivity contribution in [3.8, 4) is 0 Å². The first-order chi connectivity index (χ1) is 11.8. The standard InChI is InChI=1S/C25H31/c1-14-6-18-12-20(25(3,4)5)13-23(22(18)7-14)24-19-9-16-8-17(11-19)15(2)21(24)10-16/h6,12-13,16-17,21,24H,2,7-11H2,1,3-5H3. The van der Waals surface area contributed by atoms with Crippen LogP contribution in [0.3, 0.4) is 0 Å². The van der Waals surface area contributed by atoms with Crippen LogP contribution in [0.2, 0.25) is 0 Å². The van der Waals surface area contributed by atoms with Gasteiger partial charge < -0.3 is 0 Å². The zero-order valence-corrected chi connectivity index (χ0v) is 16.3. The topological polar surface area (TPSA) is 0 Å². The van der Waals surface area contributed by atoms with Gasteiger partial charge in [-0.15, -0.1) is 0 Å². The minimum Gasteiger partial charge on any atom is -0.0993 e. The Balaban J connectivity index is 1.65. The average molecular weight is 332 g/mol. The second-order valence-electron chi connectivity index (χ2n) is 10.3. The Hall–Kier alpha value is -1.30. The molecule has 4 fully saturated rings. The number of fused-ring (bicyclic) bond motifs is 1. The molecular formula is C25H31. The van der Waals surface area contributed by atoms with Gasteiger partial charge in [0.25, 0.3) is 0 Å². The van der Waals surface area contributed by atoms with Gasteiger partial charge in [-0.05, 0) is 96.3 Å². The first-order valence-corrected chi connectivity index (χ1v) is 10.2. The van der Waals surface area contributed by atoms with E-state index < -0.39 is 0 Å². The minimum absolute atomic E-state index is 0.210. The fraction of sp³-hybridized carbons (Fsp3) is 0.560. The Bertz CT molecular complexity index is 785. The van der Waals surface area contributed by atoms with Gasteiger partial charge in [-0.3, -0.25) is 0 Å². The molecule has 131 valence electrons. The highest BCUT2D eigenvalue weighted by molar-refractivity contribution is 5.67. The maximum atomic E-state index is 4.58. The summed E-state index contributed by atoms with van der Waals surface area (Å²) in [5, 5.41) is 0. The van der Waals surface area contributed by atoms with Crippen LogP contribution in [0.4, 0.5) is 0 Å². The van der Waals surface area contributed by atoms with E-state index in [9.17, 15) is 0 Å². The summed E-state index contributed by atoms with van der Waals surface area (Å²) in [4.78, 5) is 0. The van der Waals surface area contributed by atoms with E-state index in [1.165, 1.54) is 42.4 Å². The van der Waals surface area contributed by atoms with Crippen molar-refractivity contribution < 1.29 is 0 Å². The highest BCUT2D eigenvalue weighted by atomic mass is 14.6. The lowest BCUT2D eigenvalue weighted by Crippen LogP contribution is -2.44. The van der Waals surface area contributed by atoms with Gasteiger partial charge in [0.15, 0.2) is 0 Å². The van der Waals surface area contributed by atoms with Crippen molar-refractivity contribution >= 4 is 6.08 Å². The van der Waals surface area contributed by atoms with Crippen molar-refractivity contribution in [1.29, 1.82) is 0 Å². The van der Waals surface area contributed by atoms with E-state index in [0.717, 1.165) is 24.2 Å². The van der Waals surface area contributed by atoms with E-state index in [1.807, 2.05) is 5.92 Å². The molecule has 0 spiro atoms. The summed E-state index contributed by atoms with van der Waals surface area (Å²) in [6.45, 7) is 13.9. The Kier molecular flexibility index (Phi) is 3.26. The van der Waals surface area contributed by atoms with Crippen molar-refractivity contribution in [2.24, 2.45) is 17.8 Å². The van der Waals surface area contributed by atoms with Crippen LogP contribution in [-0.4, -0.2) is 0 Å². The van der Waals surface area contributed by atoms with E-state index in [-0.39, 0.29) is 5.41 Å². The summed E-state index contributed by atoms with van der Waals surface area (Å²) in [7, 11) is 0. The molecule has 0 N–H and O–H groups in total. The molecule has 5 aliphatic carbocycles. The summed E-state index contributed by atoms with van der Waals surface area (Å²) >= 11 is 0. The summed E-state index contributed by atoms with van der Waals surface area (Å²) < 4.78 is 0. The molecule has 1 aromatic rings. The van der Waals surface area contributed by atoms with Crippen LogP contribution in [0, 0.1) is 23.7 Å². The van der Waals surface area contributed by atoms with Gasteiger partial charge in [-0.25, -0.2) is 0 Å². The quantitative estimate of drug-likeness (QED) is 0.508. The molecule has 1 aromatic carbocycles. The van der Waals surface area contributed by atoms with E-state index in [1.54, 1.807) is 16.7 Å². The number of rotatable bonds is 1. The van der Waals surface area contributed by atoms with Crippen LogP contribution in [0.15, 0.2) is 29.9 Å². The second-order valence-corrected chi connectivity index (χ2v) is 10.3. The molecule has 0 amide bonds. The summed E-state index contributed by atoms with van der Waals surface area (Å²) in [5.41, 5.74) is 9.62. The fourth-order valence-corrected chi connectivity index (χ4v) is 6.30.